The molecule has 2 rings (SSSR count). The van der Waals surface area contributed by atoms with Crippen molar-refractivity contribution in [1.82, 2.24) is 0 Å². The van der Waals surface area contributed by atoms with Crippen molar-refractivity contribution >= 4 is 11.6 Å². The van der Waals surface area contributed by atoms with Crippen molar-refractivity contribution in [2.75, 3.05) is 5.32 Å². The van der Waals surface area contributed by atoms with Gasteiger partial charge >= 0.3 is 6.61 Å². The molecule has 0 aliphatic carbocycles. The van der Waals surface area contributed by atoms with Gasteiger partial charge in [0, 0.05) is 5.56 Å². The first-order valence-electron chi connectivity index (χ1n) is 6.08. The highest BCUT2D eigenvalue weighted by Gasteiger charge is 2.11. The SMILES string of the molecule is Cc1ccc(NC(=O)c2cccc(OC(F)F)c2)c(F)c1. The predicted octanol–water partition coefficient (Wildman–Crippen LogP) is 3.99. The normalized spacial score (nSPS) is 10.5. The van der Waals surface area contributed by atoms with Crippen LogP contribution in [0.25, 0.3) is 0 Å². The number of hydrogen-bond donors (Lipinski definition) is 1. The molecule has 1 amide bonds. The zero-order valence-corrected chi connectivity index (χ0v) is 11.1. The second-order valence-corrected chi connectivity index (χ2v) is 4.34. The fourth-order valence-corrected chi connectivity index (χ4v) is 1.73. The van der Waals surface area contributed by atoms with E-state index in [-0.39, 0.29) is 17.0 Å². The van der Waals surface area contributed by atoms with Crippen LogP contribution in [0.4, 0.5) is 18.9 Å². The number of alkyl halides is 2. The van der Waals surface area contributed by atoms with E-state index < -0.39 is 18.3 Å². The number of hydrogen-bond acceptors (Lipinski definition) is 2. The molecule has 0 saturated carbocycles. The van der Waals surface area contributed by atoms with E-state index >= 15 is 0 Å². The Labute approximate surface area is 119 Å². The van der Waals surface area contributed by atoms with E-state index in [1.54, 1.807) is 13.0 Å². The minimum atomic E-state index is -2.97. The lowest BCUT2D eigenvalue weighted by Crippen LogP contribution is -2.13. The third-order valence-corrected chi connectivity index (χ3v) is 2.69. The molecule has 6 heteroatoms. The molecule has 0 aromatic heterocycles. The molecule has 0 spiro atoms. The molecule has 0 heterocycles. The Balaban J connectivity index is 2.16. The third-order valence-electron chi connectivity index (χ3n) is 2.69. The van der Waals surface area contributed by atoms with Gasteiger partial charge in [-0.25, -0.2) is 4.39 Å². The van der Waals surface area contributed by atoms with Crippen molar-refractivity contribution < 1.29 is 22.7 Å². The molecule has 0 atom stereocenters. The summed E-state index contributed by atoms with van der Waals surface area (Å²) in [6.07, 6.45) is 0. The zero-order valence-electron chi connectivity index (χ0n) is 11.1. The van der Waals surface area contributed by atoms with E-state index in [1.165, 1.54) is 30.3 Å². The largest absolute Gasteiger partial charge is 0.435 e. The number of carbonyl (C=O) groups is 1. The van der Waals surface area contributed by atoms with Crippen molar-refractivity contribution in [3.8, 4) is 5.75 Å². The van der Waals surface area contributed by atoms with Crippen molar-refractivity contribution in [3.05, 3.63) is 59.4 Å². The van der Waals surface area contributed by atoms with Crippen LogP contribution in [0.3, 0.4) is 0 Å². The molecule has 0 aliphatic rings. The van der Waals surface area contributed by atoms with Crippen LogP contribution in [0.5, 0.6) is 5.75 Å². The minimum Gasteiger partial charge on any atom is -0.435 e. The molecule has 3 nitrogen and oxygen atoms in total. The quantitative estimate of drug-likeness (QED) is 0.926. The number of anilines is 1. The van der Waals surface area contributed by atoms with Gasteiger partial charge in [0.05, 0.1) is 5.69 Å². The van der Waals surface area contributed by atoms with E-state index in [2.05, 4.69) is 10.1 Å². The highest BCUT2D eigenvalue weighted by atomic mass is 19.3. The lowest BCUT2D eigenvalue weighted by atomic mass is 10.2. The maximum atomic E-state index is 13.6. The standard InChI is InChI=1S/C15H12F3NO2/c1-9-5-6-13(12(16)7-9)19-14(20)10-3-2-4-11(8-10)21-15(17)18/h2-8,15H,1H3,(H,19,20). The monoisotopic (exact) mass is 295 g/mol. The summed E-state index contributed by atoms with van der Waals surface area (Å²) in [5.41, 5.74) is 0.830. The first-order chi connectivity index (χ1) is 9.95. The maximum Gasteiger partial charge on any atom is 0.387 e. The number of ether oxygens (including phenoxy) is 1. The molecule has 2 aromatic rings. The Morgan fingerprint density at radius 2 is 1.95 bits per heavy atom. The number of rotatable bonds is 4. The van der Waals surface area contributed by atoms with Crippen molar-refractivity contribution in [2.24, 2.45) is 0 Å². The highest BCUT2D eigenvalue weighted by Crippen LogP contribution is 2.19. The van der Waals surface area contributed by atoms with Gasteiger partial charge in [0.25, 0.3) is 5.91 Å². The van der Waals surface area contributed by atoms with Gasteiger partial charge in [-0.2, -0.15) is 8.78 Å². The van der Waals surface area contributed by atoms with Gasteiger partial charge in [0.2, 0.25) is 0 Å². The lowest BCUT2D eigenvalue weighted by Gasteiger charge is -2.09. The smallest absolute Gasteiger partial charge is 0.387 e. The fourth-order valence-electron chi connectivity index (χ4n) is 1.73. The van der Waals surface area contributed by atoms with E-state index in [0.717, 1.165) is 11.6 Å². The molecule has 21 heavy (non-hydrogen) atoms. The molecule has 0 saturated heterocycles. The average Bonchev–Trinajstić information content (AvgIpc) is 2.41. The van der Waals surface area contributed by atoms with Crippen molar-refractivity contribution in [2.45, 2.75) is 13.5 Å². The fraction of sp³-hybridized carbons (Fsp3) is 0.133. The summed E-state index contributed by atoms with van der Waals surface area (Å²) in [6, 6.07) is 9.64. The van der Waals surface area contributed by atoms with Gasteiger partial charge in [-0.1, -0.05) is 12.1 Å². The van der Waals surface area contributed by atoms with E-state index in [4.69, 9.17) is 0 Å². The predicted molar refractivity (Wildman–Crippen MR) is 72.2 cm³/mol. The third kappa shape index (κ3) is 3.98. The number of aryl methyl sites for hydroxylation is 1. The maximum absolute atomic E-state index is 13.6. The van der Waals surface area contributed by atoms with Crippen LogP contribution < -0.4 is 10.1 Å². The summed E-state index contributed by atoms with van der Waals surface area (Å²) < 4.78 is 42.1. The molecular formula is C15H12F3NO2. The molecule has 110 valence electrons. The molecule has 0 fully saturated rings. The molecule has 1 N–H and O–H groups in total. The summed E-state index contributed by atoms with van der Waals surface area (Å²) in [5.74, 6) is -1.32. The van der Waals surface area contributed by atoms with E-state index in [0.29, 0.717) is 0 Å². The lowest BCUT2D eigenvalue weighted by molar-refractivity contribution is -0.0498. The summed E-state index contributed by atoms with van der Waals surface area (Å²) in [5, 5.41) is 2.38. The Kier molecular flexibility index (Phi) is 4.47. The molecule has 0 unspecified atom stereocenters. The van der Waals surface area contributed by atoms with Crippen LogP contribution in [0.2, 0.25) is 0 Å². The minimum absolute atomic E-state index is 0.0192. The number of nitrogens with one attached hydrogen (secondary N) is 1. The molecule has 0 aliphatic heterocycles. The van der Waals surface area contributed by atoms with Crippen LogP contribution >= 0.6 is 0 Å². The van der Waals surface area contributed by atoms with Crippen molar-refractivity contribution in [3.63, 3.8) is 0 Å². The second kappa shape index (κ2) is 6.30. The summed E-state index contributed by atoms with van der Waals surface area (Å²) >= 11 is 0. The van der Waals surface area contributed by atoms with Gasteiger partial charge in [-0.15, -0.1) is 0 Å². The number of carbonyl (C=O) groups excluding carboxylic acids is 1. The zero-order chi connectivity index (χ0) is 15.4. The van der Waals surface area contributed by atoms with Crippen LogP contribution in [0.1, 0.15) is 15.9 Å². The summed E-state index contributed by atoms with van der Waals surface area (Å²) in [6.45, 7) is -1.25. The van der Waals surface area contributed by atoms with E-state index in [9.17, 15) is 18.0 Å². The van der Waals surface area contributed by atoms with Gasteiger partial charge in [-0.05, 0) is 42.8 Å². The molecular weight excluding hydrogens is 283 g/mol. The Hall–Kier alpha value is -2.50. The van der Waals surface area contributed by atoms with Crippen molar-refractivity contribution in [1.29, 1.82) is 0 Å². The number of benzene rings is 2. The molecule has 2 aromatic carbocycles. The first kappa shape index (κ1) is 14.9. The second-order valence-electron chi connectivity index (χ2n) is 4.34. The van der Waals surface area contributed by atoms with Crippen LogP contribution in [0, 0.1) is 12.7 Å². The molecule has 0 radical (unpaired) electrons. The van der Waals surface area contributed by atoms with Gasteiger partial charge in [0.1, 0.15) is 11.6 Å². The Morgan fingerprint density at radius 1 is 1.19 bits per heavy atom. The molecule has 0 bridgehead atoms. The first-order valence-corrected chi connectivity index (χ1v) is 6.08. The summed E-state index contributed by atoms with van der Waals surface area (Å²) in [4.78, 5) is 12.0. The van der Waals surface area contributed by atoms with E-state index in [1.807, 2.05) is 0 Å². The number of amides is 1. The Bertz CT molecular complexity index is 659. The topological polar surface area (TPSA) is 38.3 Å². The van der Waals surface area contributed by atoms with Gasteiger partial charge < -0.3 is 10.1 Å². The number of halogens is 3. The summed E-state index contributed by atoms with van der Waals surface area (Å²) in [7, 11) is 0. The van der Waals surface area contributed by atoms with Crippen LogP contribution in [-0.2, 0) is 0 Å². The highest BCUT2D eigenvalue weighted by molar-refractivity contribution is 6.04. The van der Waals surface area contributed by atoms with Gasteiger partial charge in [0.15, 0.2) is 0 Å². The van der Waals surface area contributed by atoms with Crippen LogP contribution in [-0.4, -0.2) is 12.5 Å². The van der Waals surface area contributed by atoms with Crippen LogP contribution in [0.15, 0.2) is 42.5 Å². The Morgan fingerprint density at radius 3 is 2.62 bits per heavy atom. The van der Waals surface area contributed by atoms with Gasteiger partial charge in [-0.3, -0.25) is 4.79 Å². The average molecular weight is 295 g/mol.